The van der Waals surface area contributed by atoms with Gasteiger partial charge >= 0.3 is 0 Å². The number of rotatable bonds is 6. The number of methoxy groups -OCH3 is 2. The second-order valence-corrected chi connectivity index (χ2v) is 6.63. The van der Waals surface area contributed by atoms with Crippen LogP contribution in [-0.2, 0) is 5.75 Å². The number of benzene rings is 2. The summed E-state index contributed by atoms with van der Waals surface area (Å²) in [5.74, 6) is 2.36. The molecule has 0 atom stereocenters. The third kappa shape index (κ3) is 3.70. The molecule has 2 aromatic carbocycles. The van der Waals surface area contributed by atoms with Crippen LogP contribution < -0.4 is 9.47 Å². The normalized spacial score (nSPS) is 10.6. The highest BCUT2D eigenvalue weighted by Gasteiger charge is 2.10. The number of halogens is 1. The van der Waals surface area contributed by atoms with Gasteiger partial charge < -0.3 is 9.47 Å². The molecular formula is C16H15BrN4O2S. The van der Waals surface area contributed by atoms with Crippen molar-refractivity contribution in [2.24, 2.45) is 0 Å². The summed E-state index contributed by atoms with van der Waals surface area (Å²) in [5.41, 5.74) is 2.04. The van der Waals surface area contributed by atoms with Gasteiger partial charge in [-0.2, -0.15) is 4.68 Å². The molecule has 0 amide bonds. The quantitative estimate of drug-likeness (QED) is 0.581. The van der Waals surface area contributed by atoms with Gasteiger partial charge in [0.2, 0.25) is 5.16 Å². The van der Waals surface area contributed by atoms with E-state index >= 15 is 0 Å². The molecule has 0 saturated heterocycles. The maximum atomic E-state index is 5.25. The monoisotopic (exact) mass is 406 g/mol. The molecule has 3 aromatic rings. The number of hydrogen-bond donors (Lipinski definition) is 0. The SMILES string of the molecule is COc1ccc(-n2nnnc2SCc2ccc(OC)c(Br)c2)cc1. The van der Waals surface area contributed by atoms with Gasteiger partial charge in [-0.1, -0.05) is 17.8 Å². The Bertz CT molecular complexity index is 823. The van der Waals surface area contributed by atoms with Crippen LogP contribution in [0.1, 0.15) is 5.56 Å². The van der Waals surface area contributed by atoms with Gasteiger partial charge in [-0.25, -0.2) is 0 Å². The average Bonchev–Trinajstić information content (AvgIpc) is 3.08. The van der Waals surface area contributed by atoms with Crippen molar-refractivity contribution in [2.45, 2.75) is 10.9 Å². The molecule has 124 valence electrons. The topological polar surface area (TPSA) is 62.1 Å². The first-order valence-electron chi connectivity index (χ1n) is 7.09. The van der Waals surface area contributed by atoms with E-state index in [4.69, 9.17) is 9.47 Å². The van der Waals surface area contributed by atoms with E-state index in [-0.39, 0.29) is 0 Å². The van der Waals surface area contributed by atoms with Gasteiger partial charge in [-0.15, -0.1) is 5.10 Å². The standard InChI is InChI=1S/C16H15BrN4O2S/c1-22-13-6-4-12(5-7-13)21-16(18-19-20-21)24-10-11-3-8-15(23-2)14(17)9-11/h3-9H,10H2,1-2H3. The first-order valence-corrected chi connectivity index (χ1v) is 8.87. The van der Waals surface area contributed by atoms with Gasteiger partial charge in [0, 0.05) is 5.75 Å². The summed E-state index contributed by atoms with van der Waals surface area (Å²) in [5, 5.41) is 12.7. The minimum absolute atomic E-state index is 0.729. The highest BCUT2D eigenvalue weighted by Crippen LogP contribution is 2.29. The van der Waals surface area contributed by atoms with Crippen LogP contribution in [0.4, 0.5) is 0 Å². The first-order chi connectivity index (χ1) is 11.7. The zero-order chi connectivity index (χ0) is 16.9. The molecule has 0 unspecified atom stereocenters. The van der Waals surface area contributed by atoms with Crippen molar-refractivity contribution < 1.29 is 9.47 Å². The van der Waals surface area contributed by atoms with E-state index in [1.165, 1.54) is 0 Å². The summed E-state index contributed by atoms with van der Waals surface area (Å²) in [6.45, 7) is 0. The Labute approximate surface area is 152 Å². The minimum Gasteiger partial charge on any atom is -0.497 e. The Morgan fingerprint density at radius 1 is 1.08 bits per heavy atom. The second-order valence-electron chi connectivity index (χ2n) is 4.83. The van der Waals surface area contributed by atoms with E-state index in [1.54, 1.807) is 30.7 Å². The summed E-state index contributed by atoms with van der Waals surface area (Å²) >= 11 is 5.07. The molecule has 0 radical (unpaired) electrons. The van der Waals surface area contributed by atoms with E-state index in [2.05, 4.69) is 31.5 Å². The second kappa shape index (κ2) is 7.67. The average molecular weight is 407 g/mol. The van der Waals surface area contributed by atoms with Gasteiger partial charge in [0.25, 0.3) is 0 Å². The minimum atomic E-state index is 0.729. The lowest BCUT2D eigenvalue weighted by Crippen LogP contribution is -1.99. The molecule has 0 bridgehead atoms. The molecule has 3 rings (SSSR count). The van der Waals surface area contributed by atoms with Gasteiger partial charge in [0.05, 0.1) is 24.4 Å². The molecule has 1 aromatic heterocycles. The predicted octanol–water partition coefficient (Wildman–Crippen LogP) is 3.73. The van der Waals surface area contributed by atoms with Crippen LogP contribution in [0.2, 0.25) is 0 Å². The lowest BCUT2D eigenvalue weighted by atomic mass is 10.2. The van der Waals surface area contributed by atoms with Gasteiger partial charge in [0.1, 0.15) is 11.5 Å². The van der Waals surface area contributed by atoms with Crippen LogP contribution in [0, 0.1) is 0 Å². The molecule has 0 aliphatic heterocycles. The maximum absolute atomic E-state index is 5.25. The highest BCUT2D eigenvalue weighted by atomic mass is 79.9. The molecule has 0 spiro atoms. The van der Waals surface area contributed by atoms with Crippen LogP contribution in [0.25, 0.3) is 5.69 Å². The van der Waals surface area contributed by atoms with E-state index in [0.29, 0.717) is 0 Å². The smallest absolute Gasteiger partial charge is 0.214 e. The largest absolute Gasteiger partial charge is 0.497 e. The van der Waals surface area contributed by atoms with Crippen LogP contribution in [0.5, 0.6) is 11.5 Å². The van der Waals surface area contributed by atoms with E-state index in [9.17, 15) is 0 Å². The number of nitrogens with zero attached hydrogens (tertiary/aromatic N) is 4. The van der Waals surface area contributed by atoms with Crippen molar-refractivity contribution in [3.63, 3.8) is 0 Å². The van der Waals surface area contributed by atoms with Crippen LogP contribution in [-0.4, -0.2) is 34.4 Å². The fourth-order valence-corrected chi connectivity index (χ4v) is 3.52. The summed E-state index contributed by atoms with van der Waals surface area (Å²) < 4.78 is 13.1. The van der Waals surface area contributed by atoms with Gasteiger partial charge in [-0.3, -0.25) is 0 Å². The molecule has 8 heteroatoms. The number of ether oxygens (including phenoxy) is 2. The summed E-state index contributed by atoms with van der Waals surface area (Å²) in [6, 6.07) is 13.6. The molecular weight excluding hydrogens is 392 g/mol. The fraction of sp³-hybridized carbons (Fsp3) is 0.188. The Morgan fingerprint density at radius 2 is 1.88 bits per heavy atom. The van der Waals surface area contributed by atoms with Crippen molar-refractivity contribution >= 4 is 27.7 Å². The van der Waals surface area contributed by atoms with Crippen molar-refractivity contribution in [3.05, 3.63) is 52.5 Å². The lowest BCUT2D eigenvalue weighted by molar-refractivity contribution is 0.412. The lowest BCUT2D eigenvalue weighted by Gasteiger charge is -2.07. The van der Waals surface area contributed by atoms with Gasteiger partial charge in [0.15, 0.2) is 0 Å². The van der Waals surface area contributed by atoms with Crippen LogP contribution in [0.3, 0.4) is 0 Å². The van der Waals surface area contributed by atoms with Crippen molar-refractivity contribution in [1.29, 1.82) is 0 Å². The van der Waals surface area contributed by atoms with E-state index in [0.717, 1.165) is 38.1 Å². The molecule has 0 aliphatic carbocycles. The van der Waals surface area contributed by atoms with Gasteiger partial charge in [-0.05, 0) is 68.3 Å². The molecule has 0 saturated carbocycles. The third-order valence-electron chi connectivity index (χ3n) is 3.34. The Kier molecular flexibility index (Phi) is 5.37. The molecule has 6 nitrogen and oxygen atoms in total. The molecule has 24 heavy (non-hydrogen) atoms. The van der Waals surface area contributed by atoms with E-state index in [1.807, 2.05) is 42.5 Å². The molecule has 0 N–H and O–H groups in total. The Balaban J connectivity index is 1.74. The van der Waals surface area contributed by atoms with Crippen LogP contribution in [0.15, 0.2) is 52.1 Å². The first kappa shape index (κ1) is 16.8. The van der Waals surface area contributed by atoms with Crippen molar-refractivity contribution in [1.82, 2.24) is 20.2 Å². The third-order valence-corrected chi connectivity index (χ3v) is 4.95. The highest BCUT2D eigenvalue weighted by molar-refractivity contribution is 9.10. The fourth-order valence-electron chi connectivity index (χ4n) is 2.10. The maximum Gasteiger partial charge on any atom is 0.214 e. The summed E-state index contributed by atoms with van der Waals surface area (Å²) in [6.07, 6.45) is 0. The Morgan fingerprint density at radius 3 is 2.54 bits per heavy atom. The zero-order valence-corrected chi connectivity index (χ0v) is 15.5. The van der Waals surface area contributed by atoms with Crippen LogP contribution >= 0.6 is 27.7 Å². The van der Waals surface area contributed by atoms with Crippen molar-refractivity contribution in [3.8, 4) is 17.2 Å². The molecule has 1 heterocycles. The number of tetrazole rings is 1. The number of hydrogen-bond acceptors (Lipinski definition) is 6. The zero-order valence-electron chi connectivity index (χ0n) is 13.1. The number of aromatic nitrogens is 4. The summed E-state index contributed by atoms with van der Waals surface area (Å²) in [7, 11) is 3.29. The van der Waals surface area contributed by atoms with Crippen molar-refractivity contribution in [2.75, 3.05) is 14.2 Å². The van der Waals surface area contributed by atoms with E-state index < -0.39 is 0 Å². The Hall–Kier alpha value is -2.06. The predicted molar refractivity (Wildman–Crippen MR) is 96.0 cm³/mol. The summed E-state index contributed by atoms with van der Waals surface area (Å²) in [4.78, 5) is 0. The number of thioether (sulfide) groups is 1. The molecule has 0 aliphatic rings. The molecule has 0 fully saturated rings.